The van der Waals surface area contributed by atoms with Gasteiger partial charge >= 0.3 is 6.36 Å². The SMILES string of the molecule is CSc1ncc(-c2cccc([N+](=O)[O-])c2)n1-c1ccc(OC(F)(F)F)cc1. The van der Waals surface area contributed by atoms with Crippen molar-refractivity contribution in [2.24, 2.45) is 0 Å². The Labute approximate surface area is 155 Å². The van der Waals surface area contributed by atoms with Gasteiger partial charge in [0.15, 0.2) is 5.16 Å². The zero-order chi connectivity index (χ0) is 19.6. The number of nitro groups is 1. The summed E-state index contributed by atoms with van der Waals surface area (Å²) < 4.78 is 42.6. The first-order valence-corrected chi connectivity index (χ1v) is 8.74. The molecule has 0 fully saturated rings. The average molecular weight is 395 g/mol. The van der Waals surface area contributed by atoms with Crippen molar-refractivity contribution in [3.8, 4) is 22.7 Å². The van der Waals surface area contributed by atoms with Crippen molar-refractivity contribution in [1.29, 1.82) is 0 Å². The number of halogens is 3. The van der Waals surface area contributed by atoms with Crippen LogP contribution in [0.3, 0.4) is 0 Å². The van der Waals surface area contributed by atoms with Crippen LogP contribution in [0.2, 0.25) is 0 Å². The van der Waals surface area contributed by atoms with Crippen LogP contribution in [0.5, 0.6) is 5.75 Å². The van der Waals surface area contributed by atoms with Crippen LogP contribution in [0.1, 0.15) is 0 Å². The molecule has 10 heteroatoms. The highest BCUT2D eigenvalue weighted by molar-refractivity contribution is 7.98. The molecule has 0 saturated heterocycles. The molecule has 0 spiro atoms. The van der Waals surface area contributed by atoms with Crippen molar-refractivity contribution < 1.29 is 22.8 Å². The number of non-ortho nitro benzene ring substituents is 1. The first kappa shape index (κ1) is 18.8. The molecule has 0 bridgehead atoms. The van der Waals surface area contributed by atoms with E-state index in [2.05, 4.69) is 9.72 Å². The first-order valence-electron chi connectivity index (χ1n) is 7.51. The highest BCUT2D eigenvalue weighted by atomic mass is 32.2. The summed E-state index contributed by atoms with van der Waals surface area (Å²) in [4.78, 5) is 14.8. The molecular weight excluding hydrogens is 383 g/mol. The predicted molar refractivity (Wildman–Crippen MR) is 94.1 cm³/mol. The Balaban J connectivity index is 2.04. The van der Waals surface area contributed by atoms with Gasteiger partial charge in [0.2, 0.25) is 0 Å². The van der Waals surface area contributed by atoms with Crippen LogP contribution in [-0.2, 0) is 0 Å². The minimum absolute atomic E-state index is 0.0696. The quantitative estimate of drug-likeness (QED) is 0.343. The lowest BCUT2D eigenvalue weighted by atomic mass is 10.1. The van der Waals surface area contributed by atoms with E-state index >= 15 is 0 Å². The van der Waals surface area contributed by atoms with Gasteiger partial charge in [0.25, 0.3) is 5.69 Å². The maximum absolute atomic E-state index is 12.3. The van der Waals surface area contributed by atoms with Crippen molar-refractivity contribution in [2.45, 2.75) is 11.5 Å². The topological polar surface area (TPSA) is 70.2 Å². The number of aromatic nitrogens is 2. The summed E-state index contributed by atoms with van der Waals surface area (Å²) in [6.45, 7) is 0. The highest BCUT2D eigenvalue weighted by Crippen LogP contribution is 2.32. The minimum atomic E-state index is -4.77. The number of nitro benzene ring substituents is 1. The highest BCUT2D eigenvalue weighted by Gasteiger charge is 2.31. The number of benzene rings is 2. The van der Waals surface area contributed by atoms with E-state index in [1.807, 2.05) is 0 Å². The Morgan fingerprint density at radius 2 is 1.89 bits per heavy atom. The summed E-state index contributed by atoms with van der Waals surface area (Å²) in [5, 5.41) is 11.6. The third-order valence-corrected chi connectivity index (χ3v) is 4.25. The molecule has 3 rings (SSSR count). The molecule has 0 amide bonds. The summed E-state index contributed by atoms with van der Waals surface area (Å²) in [5.41, 5.74) is 1.62. The molecule has 0 N–H and O–H groups in total. The molecule has 1 aromatic heterocycles. The van der Waals surface area contributed by atoms with E-state index in [0.29, 0.717) is 22.1 Å². The van der Waals surface area contributed by atoms with Gasteiger partial charge in [-0.15, -0.1) is 13.2 Å². The number of hydrogen-bond donors (Lipinski definition) is 0. The monoisotopic (exact) mass is 395 g/mol. The van der Waals surface area contributed by atoms with Gasteiger partial charge in [-0.3, -0.25) is 14.7 Å². The van der Waals surface area contributed by atoms with Crippen LogP contribution in [0.15, 0.2) is 59.9 Å². The number of ether oxygens (including phenoxy) is 1. The zero-order valence-electron chi connectivity index (χ0n) is 13.8. The normalized spacial score (nSPS) is 11.4. The Morgan fingerprint density at radius 3 is 2.48 bits per heavy atom. The van der Waals surface area contributed by atoms with E-state index in [1.54, 1.807) is 29.2 Å². The van der Waals surface area contributed by atoms with Crippen LogP contribution in [0.25, 0.3) is 16.9 Å². The van der Waals surface area contributed by atoms with Gasteiger partial charge in [-0.05, 0) is 30.5 Å². The van der Waals surface area contributed by atoms with Crippen molar-refractivity contribution in [1.82, 2.24) is 9.55 Å². The van der Waals surface area contributed by atoms with E-state index in [-0.39, 0.29) is 11.4 Å². The summed E-state index contributed by atoms with van der Waals surface area (Å²) in [6, 6.07) is 11.4. The molecule has 0 aliphatic rings. The second kappa shape index (κ2) is 7.31. The lowest BCUT2D eigenvalue weighted by molar-refractivity contribution is -0.384. The van der Waals surface area contributed by atoms with Crippen molar-refractivity contribution in [3.63, 3.8) is 0 Å². The van der Waals surface area contributed by atoms with Crippen molar-refractivity contribution in [3.05, 3.63) is 64.8 Å². The molecule has 3 aromatic rings. The van der Waals surface area contributed by atoms with Crippen LogP contribution in [0, 0.1) is 10.1 Å². The van der Waals surface area contributed by atoms with Gasteiger partial charge in [-0.25, -0.2) is 4.98 Å². The minimum Gasteiger partial charge on any atom is -0.406 e. The Morgan fingerprint density at radius 1 is 1.19 bits per heavy atom. The van der Waals surface area contributed by atoms with Gasteiger partial charge < -0.3 is 4.74 Å². The summed E-state index contributed by atoms with van der Waals surface area (Å²) in [6.07, 6.45) is -1.41. The molecule has 27 heavy (non-hydrogen) atoms. The van der Waals surface area contributed by atoms with E-state index in [1.165, 1.54) is 48.2 Å². The van der Waals surface area contributed by atoms with Crippen molar-refractivity contribution >= 4 is 17.4 Å². The third-order valence-electron chi connectivity index (χ3n) is 3.59. The lowest BCUT2D eigenvalue weighted by Gasteiger charge is -2.13. The van der Waals surface area contributed by atoms with E-state index in [4.69, 9.17) is 0 Å². The van der Waals surface area contributed by atoms with Crippen LogP contribution in [0.4, 0.5) is 18.9 Å². The van der Waals surface area contributed by atoms with Crippen LogP contribution >= 0.6 is 11.8 Å². The fourth-order valence-corrected chi connectivity index (χ4v) is 3.05. The largest absolute Gasteiger partial charge is 0.573 e. The predicted octanol–water partition coefficient (Wildman–Crippen LogP) is 5.07. The zero-order valence-corrected chi connectivity index (χ0v) is 14.6. The molecule has 0 unspecified atom stereocenters. The van der Waals surface area contributed by atoms with Crippen LogP contribution in [-0.4, -0.2) is 27.1 Å². The summed E-state index contributed by atoms with van der Waals surface area (Å²) >= 11 is 1.34. The molecular formula is C17H12F3N3O3S. The van der Waals surface area contributed by atoms with E-state index in [9.17, 15) is 23.3 Å². The van der Waals surface area contributed by atoms with E-state index in [0.717, 1.165) is 0 Å². The molecule has 0 aliphatic heterocycles. The van der Waals surface area contributed by atoms with Gasteiger partial charge in [-0.2, -0.15) is 0 Å². The summed E-state index contributed by atoms with van der Waals surface area (Å²) in [5.74, 6) is -0.339. The second-order valence-corrected chi connectivity index (χ2v) is 6.09. The second-order valence-electron chi connectivity index (χ2n) is 5.31. The number of hydrogen-bond acceptors (Lipinski definition) is 5. The molecule has 6 nitrogen and oxygen atoms in total. The van der Waals surface area contributed by atoms with Crippen LogP contribution < -0.4 is 4.74 Å². The Kier molecular flexibility index (Phi) is 5.08. The smallest absolute Gasteiger partial charge is 0.406 e. The summed E-state index contributed by atoms with van der Waals surface area (Å²) in [7, 11) is 0. The number of thioether (sulfide) groups is 1. The molecule has 140 valence electrons. The average Bonchev–Trinajstić information content (AvgIpc) is 3.05. The standard InChI is InChI=1S/C17H12F3N3O3S/c1-27-16-21-10-15(11-3-2-4-13(9-11)23(24)25)22(16)12-5-7-14(8-6-12)26-17(18,19)20/h2-10H,1H3. The maximum atomic E-state index is 12.3. The van der Waals surface area contributed by atoms with Gasteiger partial charge in [0, 0.05) is 23.4 Å². The molecule has 0 atom stereocenters. The van der Waals surface area contributed by atoms with Crippen molar-refractivity contribution in [2.75, 3.05) is 6.26 Å². The number of alkyl halides is 3. The van der Waals surface area contributed by atoms with Gasteiger partial charge in [-0.1, -0.05) is 23.9 Å². The molecule has 1 heterocycles. The molecule has 0 aliphatic carbocycles. The third kappa shape index (κ3) is 4.22. The number of imidazole rings is 1. The molecule has 2 aromatic carbocycles. The molecule has 0 saturated carbocycles. The number of rotatable bonds is 5. The van der Waals surface area contributed by atoms with Gasteiger partial charge in [0.1, 0.15) is 5.75 Å². The molecule has 0 radical (unpaired) electrons. The maximum Gasteiger partial charge on any atom is 0.573 e. The number of nitrogens with zero attached hydrogens (tertiary/aromatic N) is 3. The Hall–Kier alpha value is -3.01. The van der Waals surface area contributed by atoms with E-state index < -0.39 is 11.3 Å². The fourth-order valence-electron chi connectivity index (χ4n) is 2.51. The lowest BCUT2D eigenvalue weighted by Crippen LogP contribution is -2.17. The van der Waals surface area contributed by atoms with Gasteiger partial charge in [0.05, 0.1) is 16.8 Å². The fraction of sp³-hybridized carbons (Fsp3) is 0.118. The first-order chi connectivity index (χ1) is 12.8. The Bertz CT molecular complexity index is 972.